The van der Waals surface area contributed by atoms with Crippen LogP contribution in [0.25, 0.3) is 10.9 Å². The molecule has 0 aliphatic carbocycles. The van der Waals surface area contributed by atoms with E-state index in [4.69, 9.17) is 0 Å². The molecule has 0 radical (unpaired) electrons. The first kappa shape index (κ1) is 11.1. The quantitative estimate of drug-likeness (QED) is 0.779. The van der Waals surface area contributed by atoms with Crippen LogP contribution >= 0.6 is 11.3 Å². The van der Waals surface area contributed by atoms with Crippen molar-refractivity contribution in [1.82, 2.24) is 15.0 Å². The van der Waals surface area contributed by atoms with Crippen molar-refractivity contribution in [3.05, 3.63) is 47.0 Å². The van der Waals surface area contributed by atoms with Crippen molar-refractivity contribution in [2.24, 2.45) is 0 Å². The Morgan fingerprint density at radius 2 is 2.11 bits per heavy atom. The molecule has 0 unspecified atom stereocenters. The smallest absolute Gasteiger partial charge is 0.223 e. The molecule has 0 bridgehead atoms. The maximum atomic E-state index is 4.45. The molecule has 0 spiro atoms. The predicted octanol–water partition coefficient (Wildman–Crippen LogP) is 2.74. The number of anilines is 1. The zero-order valence-corrected chi connectivity index (χ0v) is 10.5. The Bertz CT molecular complexity index is 636. The van der Waals surface area contributed by atoms with Gasteiger partial charge in [0.2, 0.25) is 5.95 Å². The van der Waals surface area contributed by atoms with Crippen LogP contribution in [-0.4, -0.2) is 21.5 Å². The van der Waals surface area contributed by atoms with Crippen molar-refractivity contribution in [3.63, 3.8) is 0 Å². The van der Waals surface area contributed by atoms with Crippen molar-refractivity contribution in [1.29, 1.82) is 0 Å². The summed E-state index contributed by atoms with van der Waals surface area (Å²) >= 11 is 1.67. The molecule has 18 heavy (non-hydrogen) atoms. The van der Waals surface area contributed by atoms with Gasteiger partial charge in [0.1, 0.15) is 0 Å². The van der Waals surface area contributed by atoms with Crippen LogP contribution in [0.15, 0.2) is 42.0 Å². The fourth-order valence-electron chi connectivity index (χ4n) is 1.72. The predicted molar refractivity (Wildman–Crippen MR) is 73.8 cm³/mol. The van der Waals surface area contributed by atoms with Crippen LogP contribution in [0.5, 0.6) is 0 Å². The second-order valence-corrected chi connectivity index (χ2v) is 4.83. The Labute approximate surface area is 109 Å². The van der Waals surface area contributed by atoms with Crippen LogP contribution in [0.1, 0.15) is 5.01 Å². The Kier molecular flexibility index (Phi) is 3.14. The van der Waals surface area contributed by atoms with Gasteiger partial charge in [0.05, 0.1) is 10.5 Å². The minimum absolute atomic E-state index is 0.672. The largest absolute Gasteiger partial charge is 0.354 e. The minimum atomic E-state index is 0.672. The van der Waals surface area contributed by atoms with Gasteiger partial charge in [-0.3, -0.25) is 0 Å². The van der Waals surface area contributed by atoms with Gasteiger partial charge in [-0.05, 0) is 6.07 Å². The van der Waals surface area contributed by atoms with E-state index in [9.17, 15) is 0 Å². The number of hydrogen-bond acceptors (Lipinski definition) is 5. The fourth-order valence-corrected chi connectivity index (χ4v) is 2.34. The van der Waals surface area contributed by atoms with Gasteiger partial charge in [-0.25, -0.2) is 15.0 Å². The number of para-hydroxylation sites is 1. The van der Waals surface area contributed by atoms with Crippen LogP contribution in [0, 0.1) is 0 Å². The number of fused-ring (bicyclic) bond motifs is 1. The maximum absolute atomic E-state index is 4.45. The molecule has 0 aliphatic rings. The molecule has 0 saturated heterocycles. The summed E-state index contributed by atoms with van der Waals surface area (Å²) in [7, 11) is 0. The lowest BCUT2D eigenvalue weighted by Crippen LogP contribution is -2.07. The molecular weight excluding hydrogens is 244 g/mol. The van der Waals surface area contributed by atoms with Crippen LogP contribution in [0.4, 0.5) is 5.95 Å². The van der Waals surface area contributed by atoms with E-state index in [0.29, 0.717) is 5.95 Å². The summed E-state index contributed by atoms with van der Waals surface area (Å²) in [5, 5.41) is 7.39. The van der Waals surface area contributed by atoms with E-state index in [1.54, 1.807) is 11.3 Å². The maximum Gasteiger partial charge on any atom is 0.223 e. The third-order valence-corrected chi connectivity index (χ3v) is 3.43. The van der Waals surface area contributed by atoms with Gasteiger partial charge in [-0.15, -0.1) is 11.3 Å². The van der Waals surface area contributed by atoms with Crippen LogP contribution in [0.2, 0.25) is 0 Å². The van der Waals surface area contributed by atoms with Gasteiger partial charge in [-0.1, -0.05) is 18.2 Å². The normalized spacial score (nSPS) is 10.7. The monoisotopic (exact) mass is 256 g/mol. The second kappa shape index (κ2) is 5.10. The Balaban J connectivity index is 1.67. The van der Waals surface area contributed by atoms with Crippen molar-refractivity contribution in [2.75, 3.05) is 11.9 Å². The van der Waals surface area contributed by atoms with Crippen LogP contribution < -0.4 is 5.32 Å². The lowest BCUT2D eigenvalue weighted by molar-refractivity contribution is 0.975. The average Bonchev–Trinajstić information content (AvgIpc) is 2.92. The van der Waals surface area contributed by atoms with Gasteiger partial charge in [0.15, 0.2) is 0 Å². The van der Waals surface area contributed by atoms with Gasteiger partial charge < -0.3 is 5.32 Å². The molecule has 0 atom stereocenters. The molecule has 0 aliphatic heterocycles. The molecule has 0 amide bonds. The molecule has 3 rings (SSSR count). The third kappa shape index (κ3) is 2.46. The molecule has 90 valence electrons. The molecule has 0 saturated carbocycles. The number of nitrogens with one attached hydrogen (secondary N) is 1. The molecule has 1 aromatic carbocycles. The first-order valence-electron chi connectivity index (χ1n) is 5.76. The standard InChI is InChI=1S/C13H12N4S/c1-2-4-11-10(3-1)9-16-13(17-11)15-6-5-12-14-7-8-18-12/h1-4,7-9H,5-6H2,(H,15,16,17). The lowest BCUT2D eigenvalue weighted by Gasteiger charge is -2.04. The number of nitrogens with zero attached hydrogens (tertiary/aromatic N) is 3. The summed E-state index contributed by atoms with van der Waals surface area (Å²) in [6, 6.07) is 7.97. The molecule has 3 aromatic rings. The molecule has 2 aromatic heterocycles. The van der Waals surface area contributed by atoms with E-state index in [1.165, 1.54) is 0 Å². The third-order valence-electron chi connectivity index (χ3n) is 2.59. The Morgan fingerprint density at radius 3 is 3.00 bits per heavy atom. The number of benzene rings is 1. The Morgan fingerprint density at radius 1 is 1.17 bits per heavy atom. The second-order valence-electron chi connectivity index (χ2n) is 3.86. The molecule has 5 heteroatoms. The molecular formula is C13H12N4S. The van der Waals surface area contributed by atoms with Crippen molar-refractivity contribution >= 4 is 28.2 Å². The fraction of sp³-hybridized carbons (Fsp3) is 0.154. The first-order valence-corrected chi connectivity index (χ1v) is 6.64. The van der Waals surface area contributed by atoms with Crippen molar-refractivity contribution in [2.45, 2.75) is 6.42 Å². The minimum Gasteiger partial charge on any atom is -0.354 e. The SMILES string of the molecule is c1ccc2nc(NCCc3nccs3)ncc2c1. The number of rotatable bonds is 4. The lowest BCUT2D eigenvalue weighted by atomic mass is 10.2. The molecule has 1 N–H and O–H groups in total. The van der Waals surface area contributed by atoms with E-state index >= 15 is 0 Å². The Hall–Kier alpha value is -2.01. The van der Waals surface area contributed by atoms with Crippen LogP contribution in [-0.2, 0) is 6.42 Å². The summed E-state index contributed by atoms with van der Waals surface area (Å²) in [6.07, 6.45) is 4.56. The van der Waals surface area contributed by atoms with E-state index in [2.05, 4.69) is 20.3 Å². The van der Waals surface area contributed by atoms with Crippen molar-refractivity contribution in [3.8, 4) is 0 Å². The molecule has 0 fully saturated rings. The topological polar surface area (TPSA) is 50.7 Å². The van der Waals surface area contributed by atoms with E-state index in [0.717, 1.165) is 28.9 Å². The number of thiazole rings is 1. The molecule has 2 heterocycles. The van der Waals surface area contributed by atoms with E-state index in [1.807, 2.05) is 42.0 Å². The zero-order chi connectivity index (χ0) is 12.2. The van der Waals surface area contributed by atoms with Gasteiger partial charge >= 0.3 is 0 Å². The van der Waals surface area contributed by atoms with E-state index in [-0.39, 0.29) is 0 Å². The highest BCUT2D eigenvalue weighted by molar-refractivity contribution is 7.09. The van der Waals surface area contributed by atoms with Crippen LogP contribution in [0.3, 0.4) is 0 Å². The summed E-state index contributed by atoms with van der Waals surface area (Å²) in [6.45, 7) is 0.797. The van der Waals surface area contributed by atoms with Gasteiger partial charge in [0.25, 0.3) is 0 Å². The zero-order valence-electron chi connectivity index (χ0n) is 9.71. The number of aromatic nitrogens is 3. The highest BCUT2D eigenvalue weighted by Gasteiger charge is 1.99. The number of hydrogen-bond donors (Lipinski definition) is 1. The highest BCUT2D eigenvalue weighted by Crippen LogP contribution is 2.11. The van der Waals surface area contributed by atoms with Crippen molar-refractivity contribution < 1.29 is 0 Å². The summed E-state index contributed by atoms with van der Waals surface area (Å²) in [4.78, 5) is 13.0. The van der Waals surface area contributed by atoms with E-state index < -0.39 is 0 Å². The molecule has 4 nitrogen and oxygen atoms in total. The highest BCUT2D eigenvalue weighted by atomic mass is 32.1. The first-order chi connectivity index (χ1) is 8.92. The summed E-state index contributed by atoms with van der Waals surface area (Å²) in [5.74, 6) is 0.672. The van der Waals surface area contributed by atoms with Gasteiger partial charge in [-0.2, -0.15) is 0 Å². The summed E-state index contributed by atoms with van der Waals surface area (Å²) in [5.41, 5.74) is 0.962. The summed E-state index contributed by atoms with van der Waals surface area (Å²) < 4.78 is 0. The average molecular weight is 256 g/mol. The van der Waals surface area contributed by atoms with Gasteiger partial charge in [0, 0.05) is 36.1 Å².